The number of likely N-dealkylation sites (N-methyl/N-ethyl adjacent to an activating group) is 1. The first-order valence-electron chi connectivity index (χ1n) is 7.06. The minimum atomic E-state index is -0.493. The Kier molecular flexibility index (Phi) is 6.84. The molecule has 2 amide bonds. The van der Waals surface area contributed by atoms with E-state index in [-0.39, 0.29) is 23.8 Å². The van der Waals surface area contributed by atoms with Crippen LogP contribution in [0.4, 0.5) is 0 Å². The fourth-order valence-corrected chi connectivity index (χ4v) is 2.83. The van der Waals surface area contributed by atoms with Crippen molar-refractivity contribution in [3.8, 4) is 0 Å². The molecule has 6 heteroatoms. The molecule has 0 unspecified atom stereocenters. The summed E-state index contributed by atoms with van der Waals surface area (Å²) in [6.07, 6.45) is 0. The highest BCUT2D eigenvalue weighted by molar-refractivity contribution is 7.07. The Morgan fingerprint density at radius 2 is 2.00 bits per heavy atom. The molecule has 21 heavy (non-hydrogen) atoms. The number of carbonyl (C=O) groups excluding carboxylic acids is 2. The van der Waals surface area contributed by atoms with Gasteiger partial charge in [-0.2, -0.15) is 11.3 Å². The molecule has 5 nitrogen and oxygen atoms in total. The molecule has 1 aromatic heterocycles. The van der Waals surface area contributed by atoms with E-state index in [1.807, 2.05) is 33.3 Å². The topological polar surface area (TPSA) is 61.4 Å². The van der Waals surface area contributed by atoms with Gasteiger partial charge in [0.2, 0.25) is 11.8 Å². The molecular weight excluding hydrogens is 286 g/mol. The standard InChI is InChI=1S/C15H25N3O2S/c1-10(2)14(17-11(3)19)15(20)16-8-13(18(4)5)12-6-7-21-9-12/h6-7,9-10,13-14H,8H2,1-5H3,(H,16,20)(H,17,19)/t13-,14-/m0/s1. The molecule has 0 aliphatic rings. The van der Waals surface area contributed by atoms with Crippen LogP contribution in [0, 0.1) is 5.92 Å². The molecule has 0 saturated carbocycles. The van der Waals surface area contributed by atoms with Crippen LogP contribution in [0.2, 0.25) is 0 Å². The van der Waals surface area contributed by atoms with Gasteiger partial charge in [0.05, 0.1) is 6.04 Å². The second-order valence-corrected chi connectivity index (χ2v) is 6.48. The summed E-state index contributed by atoms with van der Waals surface area (Å²) in [5.41, 5.74) is 1.19. The Morgan fingerprint density at radius 3 is 2.43 bits per heavy atom. The van der Waals surface area contributed by atoms with Crippen molar-refractivity contribution in [1.82, 2.24) is 15.5 Å². The molecule has 0 aromatic carbocycles. The van der Waals surface area contributed by atoms with Gasteiger partial charge in [0.15, 0.2) is 0 Å². The maximum absolute atomic E-state index is 12.3. The van der Waals surface area contributed by atoms with Crippen molar-refractivity contribution in [2.45, 2.75) is 32.9 Å². The van der Waals surface area contributed by atoms with E-state index in [0.717, 1.165) is 0 Å². The van der Waals surface area contributed by atoms with E-state index in [1.165, 1.54) is 12.5 Å². The van der Waals surface area contributed by atoms with Crippen molar-refractivity contribution in [1.29, 1.82) is 0 Å². The van der Waals surface area contributed by atoms with Crippen molar-refractivity contribution in [3.63, 3.8) is 0 Å². The summed E-state index contributed by atoms with van der Waals surface area (Å²) >= 11 is 1.64. The largest absolute Gasteiger partial charge is 0.352 e. The van der Waals surface area contributed by atoms with Gasteiger partial charge in [-0.05, 0) is 42.4 Å². The fourth-order valence-electron chi connectivity index (χ4n) is 2.12. The zero-order valence-corrected chi connectivity index (χ0v) is 14.2. The van der Waals surface area contributed by atoms with E-state index in [4.69, 9.17) is 0 Å². The van der Waals surface area contributed by atoms with E-state index in [2.05, 4.69) is 27.0 Å². The number of thiophene rings is 1. The van der Waals surface area contributed by atoms with E-state index in [0.29, 0.717) is 6.54 Å². The predicted octanol–water partition coefficient (Wildman–Crippen LogP) is 1.63. The summed E-state index contributed by atoms with van der Waals surface area (Å²) in [5.74, 6) is -0.277. The first kappa shape index (κ1) is 17.7. The molecule has 0 radical (unpaired) electrons. The van der Waals surface area contributed by atoms with Crippen molar-refractivity contribution in [2.24, 2.45) is 5.92 Å². The monoisotopic (exact) mass is 311 g/mol. The number of hydrogen-bond donors (Lipinski definition) is 2. The van der Waals surface area contributed by atoms with Gasteiger partial charge in [0, 0.05) is 13.5 Å². The molecule has 0 aliphatic carbocycles. The van der Waals surface area contributed by atoms with Crippen LogP contribution in [0.25, 0.3) is 0 Å². The van der Waals surface area contributed by atoms with Gasteiger partial charge in [0.1, 0.15) is 6.04 Å². The molecule has 1 aromatic rings. The van der Waals surface area contributed by atoms with Crippen LogP contribution >= 0.6 is 11.3 Å². The van der Waals surface area contributed by atoms with Gasteiger partial charge in [-0.1, -0.05) is 13.8 Å². The van der Waals surface area contributed by atoms with Crippen LogP contribution in [-0.2, 0) is 9.59 Å². The minimum absolute atomic E-state index is 0.0489. The zero-order chi connectivity index (χ0) is 16.0. The third-order valence-electron chi connectivity index (χ3n) is 3.33. The summed E-state index contributed by atoms with van der Waals surface area (Å²) in [7, 11) is 3.98. The first-order valence-corrected chi connectivity index (χ1v) is 8.00. The van der Waals surface area contributed by atoms with Crippen molar-refractivity contribution < 1.29 is 9.59 Å². The zero-order valence-electron chi connectivity index (χ0n) is 13.3. The molecule has 1 rings (SSSR count). The Balaban J connectivity index is 2.66. The first-order chi connectivity index (χ1) is 9.82. The summed E-state index contributed by atoms with van der Waals surface area (Å²) in [6.45, 7) is 5.78. The number of amides is 2. The average molecular weight is 311 g/mol. The summed E-state index contributed by atoms with van der Waals surface area (Å²) in [6, 6.07) is 1.70. The quantitative estimate of drug-likeness (QED) is 0.804. The van der Waals surface area contributed by atoms with Crippen LogP contribution in [0.15, 0.2) is 16.8 Å². The summed E-state index contributed by atoms with van der Waals surface area (Å²) < 4.78 is 0. The molecule has 0 saturated heterocycles. The number of carbonyl (C=O) groups is 2. The maximum Gasteiger partial charge on any atom is 0.242 e. The molecule has 0 aliphatic heterocycles. The Hall–Kier alpha value is -1.40. The highest BCUT2D eigenvalue weighted by Crippen LogP contribution is 2.20. The number of hydrogen-bond acceptors (Lipinski definition) is 4. The van der Waals surface area contributed by atoms with E-state index in [1.54, 1.807) is 11.3 Å². The maximum atomic E-state index is 12.3. The van der Waals surface area contributed by atoms with E-state index < -0.39 is 6.04 Å². The molecule has 2 atom stereocenters. The lowest BCUT2D eigenvalue weighted by atomic mass is 10.0. The Bertz CT molecular complexity index is 457. The fraction of sp³-hybridized carbons (Fsp3) is 0.600. The number of nitrogens with zero attached hydrogens (tertiary/aromatic N) is 1. The minimum Gasteiger partial charge on any atom is -0.352 e. The van der Waals surface area contributed by atoms with E-state index in [9.17, 15) is 9.59 Å². The third-order valence-corrected chi connectivity index (χ3v) is 4.03. The van der Waals surface area contributed by atoms with Gasteiger partial charge in [-0.25, -0.2) is 0 Å². The highest BCUT2D eigenvalue weighted by atomic mass is 32.1. The Labute approximate surface area is 130 Å². The van der Waals surface area contributed by atoms with Crippen LogP contribution in [0.1, 0.15) is 32.4 Å². The third kappa shape index (κ3) is 5.47. The van der Waals surface area contributed by atoms with Crippen LogP contribution in [0.3, 0.4) is 0 Å². The van der Waals surface area contributed by atoms with Gasteiger partial charge >= 0.3 is 0 Å². The summed E-state index contributed by atoms with van der Waals surface area (Å²) in [5, 5.41) is 9.77. The van der Waals surface area contributed by atoms with Crippen LogP contribution in [0.5, 0.6) is 0 Å². The number of rotatable bonds is 7. The second-order valence-electron chi connectivity index (χ2n) is 5.70. The molecule has 2 N–H and O–H groups in total. The Morgan fingerprint density at radius 1 is 1.33 bits per heavy atom. The molecular formula is C15H25N3O2S. The highest BCUT2D eigenvalue weighted by Gasteiger charge is 2.24. The molecule has 118 valence electrons. The van der Waals surface area contributed by atoms with Crippen LogP contribution < -0.4 is 10.6 Å². The average Bonchev–Trinajstić information content (AvgIpc) is 2.88. The van der Waals surface area contributed by atoms with Crippen LogP contribution in [-0.4, -0.2) is 43.4 Å². The summed E-state index contributed by atoms with van der Waals surface area (Å²) in [4.78, 5) is 25.5. The molecule has 0 bridgehead atoms. The van der Waals surface area contributed by atoms with Gasteiger partial charge in [0.25, 0.3) is 0 Å². The lowest BCUT2D eigenvalue weighted by molar-refractivity contribution is -0.129. The molecule has 0 fully saturated rings. The second kappa shape index (κ2) is 8.14. The van der Waals surface area contributed by atoms with Crippen molar-refractivity contribution in [2.75, 3.05) is 20.6 Å². The predicted molar refractivity (Wildman–Crippen MR) is 86.2 cm³/mol. The van der Waals surface area contributed by atoms with Gasteiger partial charge in [-0.3, -0.25) is 9.59 Å². The molecule has 1 heterocycles. The smallest absolute Gasteiger partial charge is 0.242 e. The lowest BCUT2D eigenvalue weighted by Gasteiger charge is -2.26. The molecule has 0 spiro atoms. The number of nitrogens with one attached hydrogen (secondary N) is 2. The lowest BCUT2D eigenvalue weighted by Crippen LogP contribution is -2.50. The van der Waals surface area contributed by atoms with Crippen molar-refractivity contribution in [3.05, 3.63) is 22.4 Å². The van der Waals surface area contributed by atoms with Gasteiger partial charge in [-0.15, -0.1) is 0 Å². The van der Waals surface area contributed by atoms with E-state index >= 15 is 0 Å². The van der Waals surface area contributed by atoms with Crippen molar-refractivity contribution >= 4 is 23.2 Å². The van der Waals surface area contributed by atoms with Gasteiger partial charge < -0.3 is 15.5 Å². The SMILES string of the molecule is CC(=O)N[C@H](C(=O)NC[C@@H](c1ccsc1)N(C)C)C(C)C. The normalized spacial score (nSPS) is 14.0.